The number of hydrogen-bond acceptors (Lipinski definition) is 4. The molecule has 2 aromatic heterocycles. The van der Waals surface area contributed by atoms with E-state index in [1.807, 2.05) is 37.3 Å². The molecule has 0 fully saturated rings. The maximum absolute atomic E-state index is 12.8. The van der Waals surface area contributed by atoms with Crippen LogP contribution in [0.15, 0.2) is 77.9 Å². The van der Waals surface area contributed by atoms with Gasteiger partial charge in [-0.05, 0) is 71.1 Å². The number of rotatable bonds is 4. The summed E-state index contributed by atoms with van der Waals surface area (Å²) in [5.74, 6) is 0.358. The standard InChI is InChI=1S/C27H22Cl2N4O2/c1-16-11-24-22(21(14-25(34)33(24)3)17-5-4-6-20(29)12-17)13-23(16)27(35,26-31-30-15-32(26)2)18-7-9-19(28)10-8-18/h4-15,35H,1-3H3. The zero-order chi connectivity index (χ0) is 24.9. The highest BCUT2D eigenvalue weighted by Gasteiger charge is 2.40. The van der Waals surface area contributed by atoms with Crippen LogP contribution in [-0.2, 0) is 19.7 Å². The normalized spacial score (nSPS) is 13.2. The predicted molar refractivity (Wildman–Crippen MR) is 139 cm³/mol. The molecular formula is C27H22Cl2N4O2. The lowest BCUT2D eigenvalue weighted by Gasteiger charge is -2.30. The zero-order valence-corrected chi connectivity index (χ0v) is 20.8. The molecule has 1 N–H and O–H groups in total. The van der Waals surface area contributed by atoms with Crippen LogP contribution in [0.2, 0.25) is 10.0 Å². The maximum atomic E-state index is 12.8. The first-order chi connectivity index (χ1) is 16.7. The second-order valence-electron chi connectivity index (χ2n) is 8.63. The number of fused-ring (bicyclic) bond motifs is 1. The summed E-state index contributed by atoms with van der Waals surface area (Å²) in [7, 11) is 3.52. The van der Waals surface area contributed by atoms with Gasteiger partial charge in [0.15, 0.2) is 11.4 Å². The lowest BCUT2D eigenvalue weighted by Crippen LogP contribution is -2.33. The van der Waals surface area contributed by atoms with E-state index in [0.717, 1.165) is 27.6 Å². The van der Waals surface area contributed by atoms with E-state index in [1.54, 1.807) is 66.0 Å². The Hall–Kier alpha value is -3.45. The van der Waals surface area contributed by atoms with E-state index in [0.29, 0.717) is 27.0 Å². The number of aryl methyl sites for hydroxylation is 3. The molecule has 176 valence electrons. The van der Waals surface area contributed by atoms with Crippen LogP contribution in [-0.4, -0.2) is 24.4 Å². The maximum Gasteiger partial charge on any atom is 0.251 e. The van der Waals surface area contributed by atoms with E-state index in [9.17, 15) is 9.90 Å². The van der Waals surface area contributed by atoms with Crippen LogP contribution in [0.4, 0.5) is 0 Å². The molecule has 0 spiro atoms. The molecule has 0 amide bonds. The van der Waals surface area contributed by atoms with Gasteiger partial charge < -0.3 is 14.2 Å². The highest BCUT2D eigenvalue weighted by molar-refractivity contribution is 6.31. The van der Waals surface area contributed by atoms with Gasteiger partial charge in [0.25, 0.3) is 5.56 Å². The van der Waals surface area contributed by atoms with Crippen LogP contribution in [0, 0.1) is 6.92 Å². The summed E-state index contributed by atoms with van der Waals surface area (Å²) in [6.07, 6.45) is 1.55. The Morgan fingerprint density at radius 1 is 0.943 bits per heavy atom. The lowest BCUT2D eigenvalue weighted by atomic mass is 9.81. The average molecular weight is 505 g/mol. The molecule has 0 bridgehead atoms. The van der Waals surface area contributed by atoms with Gasteiger partial charge in [0.1, 0.15) is 6.33 Å². The van der Waals surface area contributed by atoms with Crippen molar-refractivity contribution in [3.8, 4) is 11.1 Å². The second kappa shape index (κ2) is 8.64. The van der Waals surface area contributed by atoms with Gasteiger partial charge in [-0.3, -0.25) is 4.79 Å². The van der Waals surface area contributed by atoms with Crippen molar-refractivity contribution in [1.82, 2.24) is 19.3 Å². The van der Waals surface area contributed by atoms with Crippen molar-refractivity contribution >= 4 is 34.1 Å². The Bertz CT molecular complexity index is 1640. The molecule has 1 unspecified atom stereocenters. The highest BCUT2D eigenvalue weighted by atomic mass is 35.5. The third kappa shape index (κ3) is 3.84. The fourth-order valence-electron chi connectivity index (χ4n) is 4.59. The van der Waals surface area contributed by atoms with Gasteiger partial charge in [-0.1, -0.05) is 47.5 Å². The molecule has 0 saturated carbocycles. The van der Waals surface area contributed by atoms with Gasteiger partial charge in [-0.15, -0.1) is 10.2 Å². The number of halogens is 2. The number of pyridine rings is 1. The van der Waals surface area contributed by atoms with Gasteiger partial charge in [-0.2, -0.15) is 0 Å². The lowest BCUT2D eigenvalue weighted by molar-refractivity contribution is 0.111. The molecule has 8 heteroatoms. The third-order valence-corrected chi connectivity index (χ3v) is 6.90. The number of nitrogens with zero attached hydrogens (tertiary/aromatic N) is 4. The van der Waals surface area contributed by atoms with Crippen LogP contribution in [0.25, 0.3) is 22.0 Å². The summed E-state index contributed by atoms with van der Waals surface area (Å²) in [5.41, 5.74) is 2.50. The van der Waals surface area contributed by atoms with E-state index in [4.69, 9.17) is 23.2 Å². The van der Waals surface area contributed by atoms with E-state index in [1.165, 1.54) is 0 Å². The minimum absolute atomic E-state index is 0.138. The van der Waals surface area contributed by atoms with Crippen molar-refractivity contribution in [3.63, 3.8) is 0 Å². The van der Waals surface area contributed by atoms with Crippen LogP contribution >= 0.6 is 23.2 Å². The first-order valence-corrected chi connectivity index (χ1v) is 11.7. The van der Waals surface area contributed by atoms with Crippen LogP contribution in [0.5, 0.6) is 0 Å². The largest absolute Gasteiger partial charge is 0.373 e. The quantitative estimate of drug-likeness (QED) is 0.363. The van der Waals surface area contributed by atoms with E-state index >= 15 is 0 Å². The molecule has 5 rings (SSSR count). The Morgan fingerprint density at radius 2 is 1.69 bits per heavy atom. The Labute approximate surface area is 212 Å². The molecule has 0 aliphatic carbocycles. The van der Waals surface area contributed by atoms with Gasteiger partial charge in [0, 0.05) is 35.6 Å². The number of aliphatic hydroxyl groups is 1. The minimum atomic E-state index is -1.63. The molecule has 5 aromatic rings. The molecule has 1 atom stereocenters. The van der Waals surface area contributed by atoms with E-state index < -0.39 is 5.60 Å². The Balaban J connectivity index is 1.89. The fraction of sp³-hybridized carbons (Fsp3) is 0.148. The summed E-state index contributed by atoms with van der Waals surface area (Å²) in [6.45, 7) is 1.91. The van der Waals surface area contributed by atoms with Crippen molar-refractivity contribution in [2.75, 3.05) is 0 Å². The zero-order valence-electron chi connectivity index (χ0n) is 19.3. The topological polar surface area (TPSA) is 72.9 Å². The van der Waals surface area contributed by atoms with Gasteiger partial charge in [0.2, 0.25) is 0 Å². The molecule has 0 saturated heterocycles. The summed E-state index contributed by atoms with van der Waals surface area (Å²) in [5, 5.41) is 22.6. The first kappa shape index (κ1) is 23.3. The van der Waals surface area contributed by atoms with E-state index in [2.05, 4.69) is 10.2 Å². The summed E-state index contributed by atoms with van der Waals surface area (Å²) >= 11 is 12.4. The van der Waals surface area contributed by atoms with Crippen LogP contribution in [0.3, 0.4) is 0 Å². The first-order valence-electron chi connectivity index (χ1n) is 10.9. The van der Waals surface area contributed by atoms with Gasteiger partial charge in [0.05, 0.1) is 5.52 Å². The summed E-state index contributed by atoms with van der Waals surface area (Å²) in [6, 6.07) is 19.8. The molecule has 0 radical (unpaired) electrons. The minimum Gasteiger partial charge on any atom is -0.373 e. The van der Waals surface area contributed by atoms with Gasteiger partial charge in [-0.25, -0.2) is 0 Å². The summed E-state index contributed by atoms with van der Waals surface area (Å²) in [4.78, 5) is 12.8. The average Bonchev–Trinajstić information content (AvgIpc) is 3.27. The monoisotopic (exact) mass is 504 g/mol. The van der Waals surface area contributed by atoms with Crippen molar-refractivity contribution in [3.05, 3.63) is 116 Å². The molecule has 0 aliphatic heterocycles. The van der Waals surface area contributed by atoms with Crippen molar-refractivity contribution < 1.29 is 5.11 Å². The SMILES string of the molecule is Cc1cc2c(cc1C(O)(c1ccc(Cl)cc1)c1nncn1C)c(-c1cccc(Cl)c1)cc(=O)n2C. The molecule has 0 aliphatic rings. The van der Waals surface area contributed by atoms with Gasteiger partial charge >= 0.3 is 0 Å². The molecule has 6 nitrogen and oxygen atoms in total. The molecule has 2 heterocycles. The van der Waals surface area contributed by atoms with Crippen molar-refractivity contribution in [2.24, 2.45) is 14.1 Å². The van der Waals surface area contributed by atoms with Crippen molar-refractivity contribution in [1.29, 1.82) is 0 Å². The number of hydrogen-bond donors (Lipinski definition) is 1. The second-order valence-corrected chi connectivity index (χ2v) is 9.51. The fourth-order valence-corrected chi connectivity index (χ4v) is 4.91. The molecule has 35 heavy (non-hydrogen) atoms. The van der Waals surface area contributed by atoms with E-state index in [-0.39, 0.29) is 5.56 Å². The molecule has 3 aromatic carbocycles. The number of aromatic nitrogens is 4. The van der Waals surface area contributed by atoms with Crippen LogP contribution < -0.4 is 5.56 Å². The van der Waals surface area contributed by atoms with Crippen LogP contribution in [0.1, 0.15) is 22.5 Å². The third-order valence-electron chi connectivity index (χ3n) is 6.42. The Morgan fingerprint density at radius 3 is 2.34 bits per heavy atom. The van der Waals surface area contributed by atoms with Crippen molar-refractivity contribution in [2.45, 2.75) is 12.5 Å². The number of benzene rings is 3. The highest BCUT2D eigenvalue weighted by Crippen LogP contribution is 2.40. The Kier molecular flexibility index (Phi) is 5.75. The summed E-state index contributed by atoms with van der Waals surface area (Å²) < 4.78 is 3.29. The molecular weight excluding hydrogens is 483 g/mol. The smallest absolute Gasteiger partial charge is 0.251 e. The predicted octanol–water partition coefficient (Wildman–Crippen LogP) is 5.23.